The van der Waals surface area contributed by atoms with Crippen molar-refractivity contribution in [3.63, 3.8) is 0 Å². The fourth-order valence-electron chi connectivity index (χ4n) is 1.74. The standard InChI is InChI=1S/C15H12BrClN2O2/c1-18-15(21)12-8-11(5-6-13(12)17)19-14(20)9-3-2-4-10(16)7-9/h2-8H,1H3,(H,18,21)(H,19,20). The van der Waals surface area contributed by atoms with Crippen molar-refractivity contribution in [1.29, 1.82) is 0 Å². The fraction of sp³-hybridized carbons (Fsp3) is 0.0667. The first kappa shape index (κ1) is 15.5. The first-order chi connectivity index (χ1) is 10.0. The Balaban J connectivity index is 2.24. The van der Waals surface area contributed by atoms with E-state index in [2.05, 4.69) is 26.6 Å². The molecule has 21 heavy (non-hydrogen) atoms. The van der Waals surface area contributed by atoms with Crippen molar-refractivity contribution in [1.82, 2.24) is 5.32 Å². The molecule has 0 aromatic heterocycles. The Morgan fingerprint density at radius 2 is 1.86 bits per heavy atom. The SMILES string of the molecule is CNC(=O)c1cc(NC(=O)c2cccc(Br)c2)ccc1Cl. The summed E-state index contributed by atoms with van der Waals surface area (Å²) in [6.45, 7) is 0. The van der Waals surface area contributed by atoms with Gasteiger partial charge in [0.2, 0.25) is 0 Å². The average molecular weight is 368 g/mol. The molecule has 2 amide bonds. The second-order valence-electron chi connectivity index (χ2n) is 4.24. The smallest absolute Gasteiger partial charge is 0.255 e. The van der Waals surface area contributed by atoms with Crippen LogP contribution in [0.25, 0.3) is 0 Å². The molecule has 0 unspecified atom stereocenters. The highest BCUT2D eigenvalue weighted by atomic mass is 79.9. The van der Waals surface area contributed by atoms with E-state index in [0.29, 0.717) is 21.8 Å². The highest BCUT2D eigenvalue weighted by Gasteiger charge is 2.12. The van der Waals surface area contributed by atoms with Crippen LogP contribution in [0.4, 0.5) is 5.69 Å². The van der Waals surface area contributed by atoms with Crippen molar-refractivity contribution in [3.05, 3.63) is 63.1 Å². The molecule has 2 rings (SSSR count). The van der Waals surface area contributed by atoms with Gasteiger partial charge in [0.25, 0.3) is 11.8 Å². The van der Waals surface area contributed by atoms with Gasteiger partial charge in [-0.2, -0.15) is 0 Å². The molecule has 2 aromatic carbocycles. The molecule has 0 aliphatic carbocycles. The van der Waals surface area contributed by atoms with Crippen LogP contribution in [0.5, 0.6) is 0 Å². The maximum absolute atomic E-state index is 12.1. The van der Waals surface area contributed by atoms with Crippen LogP contribution >= 0.6 is 27.5 Å². The van der Waals surface area contributed by atoms with Gasteiger partial charge in [0.1, 0.15) is 0 Å². The number of amides is 2. The number of anilines is 1. The number of benzene rings is 2. The van der Waals surface area contributed by atoms with Gasteiger partial charge in [-0.3, -0.25) is 9.59 Å². The van der Waals surface area contributed by atoms with Crippen molar-refractivity contribution >= 4 is 45.0 Å². The lowest BCUT2D eigenvalue weighted by Crippen LogP contribution is -2.19. The maximum atomic E-state index is 12.1. The molecule has 0 radical (unpaired) electrons. The number of carbonyl (C=O) groups excluding carboxylic acids is 2. The molecule has 2 aromatic rings. The zero-order chi connectivity index (χ0) is 15.4. The molecule has 0 aliphatic rings. The topological polar surface area (TPSA) is 58.2 Å². The summed E-state index contributed by atoms with van der Waals surface area (Å²) in [6, 6.07) is 11.8. The predicted octanol–water partition coefficient (Wildman–Crippen LogP) is 3.71. The third-order valence-corrected chi connectivity index (χ3v) is 3.61. The highest BCUT2D eigenvalue weighted by molar-refractivity contribution is 9.10. The Bertz CT molecular complexity index is 704. The fourth-order valence-corrected chi connectivity index (χ4v) is 2.35. The summed E-state index contributed by atoms with van der Waals surface area (Å²) in [5.41, 5.74) is 1.33. The minimum Gasteiger partial charge on any atom is -0.355 e. The lowest BCUT2D eigenvalue weighted by Gasteiger charge is -2.09. The van der Waals surface area contributed by atoms with Crippen LogP contribution in [-0.2, 0) is 0 Å². The van der Waals surface area contributed by atoms with Gasteiger partial charge in [-0.15, -0.1) is 0 Å². The molecule has 0 saturated carbocycles. The van der Waals surface area contributed by atoms with Crippen LogP contribution in [0.3, 0.4) is 0 Å². The van der Waals surface area contributed by atoms with Gasteiger partial charge in [-0.05, 0) is 36.4 Å². The van der Waals surface area contributed by atoms with Crippen LogP contribution in [0, 0.1) is 0 Å². The monoisotopic (exact) mass is 366 g/mol. The molecule has 0 aliphatic heterocycles. The molecule has 6 heteroatoms. The summed E-state index contributed by atoms with van der Waals surface area (Å²) >= 11 is 9.28. The normalized spacial score (nSPS) is 10.0. The van der Waals surface area contributed by atoms with Crippen LogP contribution in [-0.4, -0.2) is 18.9 Å². The molecule has 108 valence electrons. The van der Waals surface area contributed by atoms with E-state index in [1.165, 1.54) is 13.1 Å². The summed E-state index contributed by atoms with van der Waals surface area (Å²) in [6.07, 6.45) is 0. The molecular weight excluding hydrogens is 356 g/mol. The average Bonchev–Trinajstić information content (AvgIpc) is 2.48. The Kier molecular flexibility index (Phi) is 4.98. The predicted molar refractivity (Wildman–Crippen MR) is 86.9 cm³/mol. The first-order valence-corrected chi connectivity index (χ1v) is 7.27. The third-order valence-electron chi connectivity index (χ3n) is 2.78. The van der Waals surface area contributed by atoms with Gasteiger partial charge < -0.3 is 10.6 Å². The Morgan fingerprint density at radius 3 is 2.52 bits per heavy atom. The largest absolute Gasteiger partial charge is 0.355 e. The number of halogens is 2. The lowest BCUT2D eigenvalue weighted by molar-refractivity contribution is 0.0961. The van der Waals surface area contributed by atoms with E-state index in [9.17, 15) is 9.59 Å². The van der Waals surface area contributed by atoms with Gasteiger partial charge in [0.15, 0.2) is 0 Å². The van der Waals surface area contributed by atoms with Crippen molar-refractivity contribution < 1.29 is 9.59 Å². The number of hydrogen-bond donors (Lipinski definition) is 2. The highest BCUT2D eigenvalue weighted by Crippen LogP contribution is 2.21. The van der Waals surface area contributed by atoms with E-state index in [1.807, 2.05) is 6.07 Å². The van der Waals surface area contributed by atoms with Gasteiger partial charge in [-0.1, -0.05) is 33.6 Å². The number of nitrogens with one attached hydrogen (secondary N) is 2. The van der Waals surface area contributed by atoms with E-state index >= 15 is 0 Å². The summed E-state index contributed by atoms with van der Waals surface area (Å²) in [5, 5.41) is 5.56. The minimum absolute atomic E-state index is 0.263. The zero-order valence-corrected chi connectivity index (χ0v) is 13.5. The van der Waals surface area contributed by atoms with Crippen LogP contribution in [0.2, 0.25) is 5.02 Å². The van der Waals surface area contributed by atoms with Gasteiger partial charge in [0, 0.05) is 22.8 Å². The van der Waals surface area contributed by atoms with E-state index in [0.717, 1.165) is 4.47 Å². The molecule has 0 fully saturated rings. The second-order valence-corrected chi connectivity index (χ2v) is 5.56. The molecular formula is C15H12BrClN2O2. The number of rotatable bonds is 3. The Hall–Kier alpha value is -1.85. The van der Waals surface area contributed by atoms with Crippen LogP contribution in [0.1, 0.15) is 20.7 Å². The molecule has 0 bridgehead atoms. The first-order valence-electron chi connectivity index (χ1n) is 6.10. The maximum Gasteiger partial charge on any atom is 0.255 e. The van der Waals surface area contributed by atoms with Crippen molar-refractivity contribution in [2.75, 3.05) is 12.4 Å². The number of carbonyl (C=O) groups is 2. The van der Waals surface area contributed by atoms with E-state index in [-0.39, 0.29) is 11.8 Å². The zero-order valence-electron chi connectivity index (χ0n) is 11.1. The summed E-state index contributed by atoms with van der Waals surface area (Å²) < 4.78 is 0.817. The molecule has 4 nitrogen and oxygen atoms in total. The van der Waals surface area contributed by atoms with E-state index in [1.54, 1.807) is 30.3 Å². The molecule has 0 heterocycles. The molecule has 0 saturated heterocycles. The number of hydrogen-bond acceptors (Lipinski definition) is 2. The van der Waals surface area contributed by atoms with E-state index in [4.69, 9.17) is 11.6 Å². The quantitative estimate of drug-likeness (QED) is 0.869. The summed E-state index contributed by atoms with van der Waals surface area (Å²) in [5.74, 6) is -0.569. The molecule has 2 N–H and O–H groups in total. The molecule has 0 spiro atoms. The Morgan fingerprint density at radius 1 is 1.10 bits per heavy atom. The lowest BCUT2D eigenvalue weighted by atomic mass is 10.1. The Labute approximate surface area is 135 Å². The van der Waals surface area contributed by atoms with Gasteiger partial charge in [0.05, 0.1) is 10.6 Å². The van der Waals surface area contributed by atoms with Gasteiger partial charge in [-0.25, -0.2) is 0 Å². The van der Waals surface area contributed by atoms with Crippen LogP contribution < -0.4 is 10.6 Å². The third kappa shape index (κ3) is 3.83. The van der Waals surface area contributed by atoms with Gasteiger partial charge >= 0.3 is 0 Å². The van der Waals surface area contributed by atoms with Crippen molar-refractivity contribution in [3.8, 4) is 0 Å². The van der Waals surface area contributed by atoms with E-state index < -0.39 is 0 Å². The minimum atomic E-state index is -0.307. The van der Waals surface area contributed by atoms with Crippen molar-refractivity contribution in [2.24, 2.45) is 0 Å². The summed E-state index contributed by atoms with van der Waals surface area (Å²) in [7, 11) is 1.52. The summed E-state index contributed by atoms with van der Waals surface area (Å²) in [4.78, 5) is 23.8. The molecule has 0 atom stereocenters. The second kappa shape index (κ2) is 6.74. The van der Waals surface area contributed by atoms with Crippen LogP contribution in [0.15, 0.2) is 46.9 Å². The van der Waals surface area contributed by atoms with Crippen molar-refractivity contribution in [2.45, 2.75) is 0 Å².